The molecular weight excluding hydrogens is 513 g/mol. The molecule has 1 N–H and O–H groups in total. The summed E-state index contributed by atoms with van der Waals surface area (Å²) in [5, 5.41) is 14.1. The second kappa shape index (κ2) is 10.5. The third kappa shape index (κ3) is 5.69. The maximum absolute atomic E-state index is 12.6. The van der Waals surface area contributed by atoms with Crippen molar-refractivity contribution in [2.45, 2.75) is 13.3 Å². The SMILES string of the molecule is Cc1ccc(Cc2cnc(NC(=O)C(C#N)=Cc3ccc(-c4ccc(Cl)c(Cl)c4)o3)s2)cc1Cl. The smallest absolute Gasteiger partial charge is 0.268 e. The van der Waals surface area contributed by atoms with Crippen LogP contribution < -0.4 is 5.32 Å². The number of nitriles is 1. The number of nitrogens with zero attached hydrogens (tertiary/aromatic N) is 2. The molecule has 0 bridgehead atoms. The van der Waals surface area contributed by atoms with Crippen LogP contribution in [0, 0.1) is 18.3 Å². The zero-order valence-corrected chi connectivity index (χ0v) is 20.8. The first-order valence-electron chi connectivity index (χ1n) is 10.0. The van der Waals surface area contributed by atoms with Crippen LogP contribution in [0.5, 0.6) is 0 Å². The van der Waals surface area contributed by atoms with Gasteiger partial charge < -0.3 is 4.42 Å². The molecule has 0 aliphatic carbocycles. The summed E-state index contributed by atoms with van der Waals surface area (Å²) in [7, 11) is 0. The standard InChI is InChI=1S/C25H16Cl3N3O2S/c1-14-2-3-15(9-21(14)27)8-19-13-30-25(34-19)31-24(32)17(12-29)10-18-5-7-23(33-18)16-4-6-20(26)22(28)11-16/h2-7,9-11,13H,8H2,1H3,(H,30,31,32). The molecule has 34 heavy (non-hydrogen) atoms. The largest absolute Gasteiger partial charge is 0.457 e. The van der Waals surface area contributed by atoms with Gasteiger partial charge in [0.15, 0.2) is 5.13 Å². The Balaban J connectivity index is 1.45. The van der Waals surface area contributed by atoms with Crippen LogP contribution in [0.25, 0.3) is 17.4 Å². The van der Waals surface area contributed by atoms with Gasteiger partial charge in [0.2, 0.25) is 0 Å². The van der Waals surface area contributed by atoms with Gasteiger partial charge in [0.25, 0.3) is 5.91 Å². The Morgan fingerprint density at radius 3 is 2.68 bits per heavy atom. The summed E-state index contributed by atoms with van der Waals surface area (Å²) in [5.74, 6) is 0.307. The van der Waals surface area contributed by atoms with E-state index in [-0.39, 0.29) is 5.57 Å². The molecule has 9 heteroatoms. The van der Waals surface area contributed by atoms with Crippen molar-refractivity contribution in [3.63, 3.8) is 0 Å². The number of furan rings is 1. The summed E-state index contributed by atoms with van der Waals surface area (Å²) in [6, 6.07) is 16.3. The highest BCUT2D eigenvalue weighted by Crippen LogP contribution is 2.30. The van der Waals surface area contributed by atoms with Crippen LogP contribution >= 0.6 is 46.1 Å². The highest BCUT2D eigenvalue weighted by molar-refractivity contribution is 7.15. The third-order valence-electron chi connectivity index (χ3n) is 4.87. The summed E-state index contributed by atoms with van der Waals surface area (Å²) in [4.78, 5) is 17.8. The third-order valence-corrected chi connectivity index (χ3v) is 6.93. The maximum atomic E-state index is 12.6. The van der Waals surface area contributed by atoms with Crippen molar-refractivity contribution in [3.05, 3.63) is 97.1 Å². The van der Waals surface area contributed by atoms with E-state index < -0.39 is 5.91 Å². The molecule has 0 radical (unpaired) electrons. The lowest BCUT2D eigenvalue weighted by molar-refractivity contribution is -0.112. The van der Waals surface area contributed by atoms with Gasteiger partial charge in [0, 0.05) is 34.2 Å². The highest BCUT2D eigenvalue weighted by Gasteiger charge is 2.14. The number of carbonyl (C=O) groups excluding carboxylic acids is 1. The molecule has 2 heterocycles. The Kier molecular flexibility index (Phi) is 7.40. The number of carbonyl (C=O) groups is 1. The monoisotopic (exact) mass is 527 g/mol. The molecule has 1 amide bonds. The Hall–Kier alpha value is -3.08. The summed E-state index contributed by atoms with van der Waals surface area (Å²) in [5.41, 5.74) is 2.67. The molecule has 0 aliphatic heterocycles. The van der Waals surface area contributed by atoms with Crippen LogP contribution in [0.2, 0.25) is 15.1 Å². The Bertz CT molecular complexity index is 1450. The van der Waals surface area contributed by atoms with Gasteiger partial charge in [-0.25, -0.2) is 4.98 Å². The van der Waals surface area contributed by atoms with Gasteiger partial charge in [-0.1, -0.05) is 46.9 Å². The Morgan fingerprint density at radius 2 is 1.94 bits per heavy atom. The lowest BCUT2D eigenvalue weighted by atomic mass is 10.1. The van der Waals surface area contributed by atoms with E-state index in [0.717, 1.165) is 21.6 Å². The molecule has 0 atom stereocenters. The second-order valence-electron chi connectivity index (χ2n) is 7.35. The first-order valence-corrected chi connectivity index (χ1v) is 12.0. The van der Waals surface area contributed by atoms with E-state index >= 15 is 0 Å². The zero-order chi connectivity index (χ0) is 24.2. The number of hydrogen-bond donors (Lipinski definition) is 1. The first kappa shape index (κ1) is 24.1. The van der Waals surface area contributed by atoms with Gasteiger partial charge in [-0.15, -0.1) is 11.3 Å². The molecule has 0 spiro atoms. The lowest BCUT2D eigenvalue weighted by Gasteiger charge is -2.02. The van der Waals surface area contributed by atoms with Crippen molar-refractivity contribution in [1.82, 2.24) is 4.98 Å². The minimum atomic E-state index is -0.575. The molecule has 0 fully saturated rings. The average Bonchev–Trinajstić information content (AvgIpc) is 3.46. The average molecular weight is 529 g/mol. The second-order valence-corrected chi connectivity index (χ2v) is 9.68. The normalized spacial score (nSPS) is 11.3. The molecule has 170 valence electrons. The van der Waals surface area contributed by atoms with E-state index in [1.54, 1.807) is 36.5 Å². The van der Waals surface area contributed by atoms with Crippen LogP contribution in [0.1, 0.15) is 21.8 Å². The predicted octanol–water partition coefficient (Wildman–Crippen LogP) is 7.81. The Morgan fingerprint density at radius 1 is 1.12 bits per heavy atom. The van der Waals surface area contributed by atoms with Crippen molar-refractivity contribution in [2.24, 2.45) is 0 Å². The number of halogens is 3. The molecular formula is C25H16Cl3N3O2S. The quantitative estimate of drug-likeness (QED) is 0.204. The van der Waals surface area contributed by atoms with E-state index in [1.165, 1.54) is 17.4 Å². The van der Waals surface area contributed by atoms with Gasteiger partial charge in [0.1, 0.15) is 23.2 Å². The number of anilines is 1. The number of hydrogen-bond acceptors (Lipinski definition) is 5. The number of rotatable bonds is 6. The van der Waals surface area contributed by atoms with E-state index in [4.69, 9.17) is 39.2 Å². The minimum absolute atomic E-state index is 0.114. The summed E-state index contributed by atoms with van der Waals surface area (Å²) >= 11 is 19.5. The van der Waals surface area contributed by atoms with E-state index in [2.05, 4.69) is 10.3 Å². The molecule has 0 unspecified atom stereocenters. The van der Waals surface area contributed by atoms with Gasteiger partial charge >= 0.3 is 0 Å². The molecule has 0 saturated heterocycles. The van der Waals surface area contributed by atoms with Crippen LogP contribution in [0.3, 0.4) is 0 Å². The van der Waals surface area contributed by atoms with E-state index in [1.807, 2.05) is 31.2 Å². The molecule has 4 aromatic rings. The number of nitrogens with one attached hydrogen (secondary N) is 1. The molecule has 2 aromatic carbocycles. The fraction of sp³-hybridized carbons (Fsp3) is 0.0800. The van der Waals surface area contributed by atoms with E-state index in [9.17, 15) is 10.1 Å². The topological polar surface area (TPSA) is 78.9 Å². The number of aryl methyl sites for hydroxylation is 1. The van der Waals surface area contributed by atoms with E-state index in [0.29, 0.717) is 38.1 Å². The summed E-state index contributed by atoms with van der Waals surface area (Å²) in [6.07, 6.45) is 3.71. The van der Waals surface area contributed by atoms with Crippen molar-refractivity contribution in [3.8, 4) is 17.4 Å². The fourth-order valence-electron chi connectivity index (χ4n) is 3.08. The minimum Gasteiger partial charge on any atom is -0.457 e. The van der Waals surface area contributed by atoms with Gasteiger partial charge in [0.05, 0.1) is 10.0 Å². The molecule has 0 aliphatic rings. The lowest BCUT2D eigenvalue weighted by Crippen LogP contribution is -2.13. The molecule has 5 nitrogen and oxygen atoms in total. The van der Waals surface area contributed by atoms with Crippen LogP contribution in [-0.4, -0.2) is 10.9 Å². The van der Waals surface area contributed by atoms with Crippen molar-refractivity contribution in [1.29, 1.82) is 5.26 Å². The maximum Gasteiger partial charge on any atom is 0.268 e. The fourth-order valence-corrected chi connectivity index (χ4v) is 4.43. The zero-order valence-electron chi connectivity index (χ0n) is 17.7. The number of amides is 1. The predicted molar refractivity (Wildman–Crippen MR) is 137 cm³/mol. The molecule has 0 saturated carbocycles. The number of aromatic nitrogens is 1. The Labute approximate surface area is 215 Å². The first-order chi connectivity index (χ1) is 16.3. The van der Waals surface area contributed by atoms with Crippen LogP contribution in [-0.2, 0) is 11.2 Å². The van der Waals surface area contributed by atoms with Crippen LogP contribution in [0.4, 0.5) is 5.13 Å². The van der Waals surface area contributed by atoms with Gasteiger partial charge in [-0.2, -0.15) is 5.26 Å². The summed E-state index contributed by atoms with van der Waals surface area (Å²) in [6.45, 7) is 1.95. The van der Waals surface area contributed by atoms with Crippen LogP contribution in [0.15, 0.2) is 64.7 Å². The molecule has 4 rings (SSSR count). The van der Waals surface area contributed by atoms with Crippen molar-refractivity contribution in [2.75, 3.05) is 5.32 Å². The van der Waals surface area contributed by atoms with Gasteiger partial charge in [-0.05, 0) is 54.4 Å². The summed E-state index contributed by atoms with van der Waals surface area (Å²) < 4.78 is 5.75. The number of thiazole rings is 1. The number of benzene rings is 2. The van der Waals surface area contributed by atoms with Gasteiger partial charge in [-0.3, -0.25) is 10.1 Å². The molecule has 2 aromatic heterocycles. The van der Waals surface area contributed by atoms with Crippen molar-refractivity contribution < 1.29 is 9.21 Å². The highest BCUT2D eigenvalue weighted by atomic mass is 35.5. The van der Waals surface area contributed by atoms with Crippen molar-refractivity contribution >= 4 is 63.3 Å².